The average Bonchev–Trinajstić information content (AvgIpc) is 2.99. The summed E-state index contributed by atoms with van der Waals surface area (Å²) in [6.07, 6.45) is 2.27. The number of piperidine rings is 1. The standard InChI is InChI=1S/C31H39N3O4S/c1-32-30-22-27(31(35)38-24-25-12-6-3-7-13-25)18-20-34(30)21-19-28(26-14-8-4-9-15-26)23-33(2)39(36,37)29-16-10-5-11-17-29/h3-17,27-28,30,32H,18-24H2,1-2H3/t27-,28?,30+/m0/s1. The van der Waals surface area contributed by atoms with Crippen molar-refractivity contribution in [2.75, 3.05) is 33.7 Å². The molecule has 0 spiro atoms. The van der Waals surface area contributed by atoms with Crippen molar-refractivity contribution in [3.8, 4) is 0 Å². The van der Waals surface area contributed by atoms with Gasteiger partial charge in [-0.25, -0.2) is 12.7 Å². The maximum absolute atomic E-state index is 13.2. The van der Waals surface area contributed by atoms with Crippen molar-refractivity contribution in [1.82, 2.24) is 14.5 Å². The van der Waals surface area contributed by atoms with Gasteiger partial charge in [0.2, 0.25) is 10.0 Å². The van der Waals surface area contributed by atoms with Crippen LogP contribution in [0, 0.1) is 5.92 Å². The second-order valence-electron chi connectivity index (χ2n) is 10.1. The van der Waals surface area contributed by atoms with E-state index < -0.39 is 10.0 Å². The average molecular weight is 550 g/mol. The molecular formula is C31H39N3O4S. The van der Waals surface area contributed by atoms with Crippen LogP contribution in [0.15, 0.2) is 95.9 Å². The number of nitrogens with zero attached hydrogens (tertiary/aromatic N) is 2. The molecule has 3 aromatic rings. The quantitative estimate of drug-likeness (QED) is 0.336. The second-order valence-corrected chi connectivity index (χ2v) is 12.2. The summed E-state index contributed by atoms with van der Waals surface area (Å²) < 4.78 is 33.5. The predicted octanol–water partition coefficient (Wildman–Crippen LogP) is 4.48. The van der Waals surface area contributed by atoms with E-state index in [4.69, 9.17) is 4.74 Å². The Morgan fingerprint density at radius 3 is 2.26 bits per heavy atom. The molecule has 1 N–H and O–H groups in total. The molecule has 1 unspecified atom stereocenters. The Hall–Kier alpha value is -3.04. The molecule has 8 heteroatoms. The second kappa shape index (κ2) is 13.8. The lowest BCUT2D eigenvalue weighted by Gasteiger charge is -2.39. The van der Waals surface area contributed by atoms with Gasteiger partial charge in [0.15, 0.2) is 0 Å². The van der Waals surface area contributed by atoms with Gasteiger partial charge >= 0.3 is 5.97 Å². The largest absolute Gasteiger partial charge is 0.461 e. The molecule has 7 nitrogen and oxygen atoms in total. The molecule has 1 saturated heterocycles. The number of hydrogen-bond acceptors (Lipinski definition) is 6. The number of rotatable bonds is 12. The minimum atomic E-state index is -3.59. The fourth-order valence-electron chi connectivity index (χ4n) is 5.23. The number of carbonyl (C=O) groups is 1. The van der Waals surface area contributed by atoms with Crippen LogP contribution >= 0.6 is 0 Å². The van der Waals surface area contributed by atoms with E-state index in [0.717, 1.165) is 37.1 Å². The van der Waals surface area contributed by atoms with Crippen LogP contribution in [0.4, 0.5) is 0 Å². The van der Waals surface area contributed by atoms with Crippen LogP contribution in [0.3, 0.4) is 0 Å². The number of likely N-dealkylation sites (tertiary alicyclic amines) is 1. The van der Waals surface area contributed by atoms with Crippen molar-refractivity contribution < 1.29 is 17.9 Å². The summed E-state index contributed by atoms with van der Waals surface area (Å²) >= 11 is 0. The van der Waals surface area contributed by atoms with Crippen molar-refractivity contribution >= 4 is 16.0 Å². The van der Waals surface area contributed by atoms with Crippen LogP contribution in [0.5, 0.6) is 0 Å². The summed E-state index contributed by atoms with van der Waals surface area (Å²) in [4.78, 5) is 15.5. The Kier molecular flexibility index (Phi) is 10.3. The zero-order valence-corrected chi connectivity index (χ0v) is 23.6. The highest BCUT2D eigenvalue weighted by Gasteiger charge is 2.33. The first kappa shape index (κ1) is 29.0. The fourth-order valence-corrected chi connectivity index (χ4v) is 6.47. The maximum atomic E-state index is 13.2. The van der Waals surface area contributed by atoms with Crippen molar-refractivity contribution in [1.29, 1.82) is 0 Å². The molecule has 0 saturated carbocycles. The Bertz CT molecular complexity index is 1270. The van der Waals surface area contributed by atoms with Crippen LogP contribution in [-0.4, -0.2) is 63.5 Å². The molecular weight excluding hydrogens is 510 g/mol. The van der Waals surface area contributed by atoms with Gasteiger partial charge in [0.1, 0.15) is 6.61 Å². The van der Waals surface area contributed by atoms with E-state index >= 15 is 0 Å². The topological polar surface area (TPSA) is 79.0 Å². The third kappa shape index (κ3) is 7.76. The van der Waals surface area contributed by atoms with Crippen molar-refractivity contribution in [3.63, 3.8) is 0 Å². The van der Waals surface area contributed by atoms with Gasteiger partial charge < -0.3 is 10.1 Å². The Balaban J connectivity index is 1.37. The van der Waals surface area contributed by atoms with E-state index in [-0.39, 0.29) is 24.0 Å². The Morgan fingerprint density at radius 1 is 1.00 bits per heavy atom. The van der Waals surface area contributed by atoms with E-state index in [1.165, 1.54) is 4.31 Å². The molecule has 4 rings (SSSR count). The number of benzene rings is 3. The molecule has 208 valence electrons. The van der Waals surface area contributed by atoms with Crippen molar-refractivity contribution in [2.24, 2.45) is 5.92 Å². The number of likely N-dealkylation sites (N-methyl/N-ethyl adjacent to an activating group) is 1. The minimum absolute atomic E-state index is 0.0285. The summed E-state index contributed by atoms with van der Waals surface area (Å²) in [5.74, 6) is -0.260. The number of hydrogen-bond donors (Lipinski definition) is 1. The third-order valence-electron chi connectivity index (χ3n) is 7.57. The number of sulfonamides is 1. The molecule has 3 atom stereocenters. The van der Waals surface area contributed by atoms with E-state index in [9.17, 15) is 13.2 Å². The Morgan fingerprint density at radius 2 is 1.62 bits per heavy atom. The number of carbonyl (C=O) groups excluding carboxylic acids is 1. The molecule has 1 heterocycles. The lowest BCUT2D eigenvalue weighted by Crippen LogP contribution is -2.51. The number of esters is 1. The number of ether oxygens (including phenoxy) is 1. The highest BCUT2D eigenvalue weighted by atomic mass is 32.2. The first-order valence-corrected chi connectivity index (χ1v) is 15.0. The molecule has 0 radical (unpaired) electrons. The van der Waals surface area contributed by atoms with E-state index in [1.54, 1.807) is 31.3 Å². The van der Waals surface area contributed by atoms with Crippen LogP contribution in [0.25, 0.3) is 0 Å². The first-order valence-electron chi connectivity index (χ1n) is 13.6. The Labute approximate surface area is 232 Å². The number of nitrogens with one attached hydrogen (secondary N) is 1. The maximum Gasteiger partial charge on any atom is 0.309 e. The van der Waals surface area contributed by atoms with Gasteiger partial charge in [0.05, 0.1) is 17.0 Å². The molecule has 0 aromatic heterocycles. The van der Waals surface area contributed by atoms with Gasteiger partial charge in [-0.15, -0.1) is 0 Å². The molecule has 0 aliphatic carbocycles. The molecule has 1 aliphatic rings. The van der Waals surface area contributed by atoms with Crippen LogP contribution < -0.4 is 5.32 Å². The normalized spacial score (nSPS) is 19.1. The zero-order valence-electron chi connectivity index (χ0n) is 22.8. The highest BCUT2D eigenvalue weighted by Crippen LogP contribution is 2.28. The lowest BCUT2D eigenvalue weighted by molar-refractivity contribution is -0.152. The van der Waals surface area contributed by atoms with E-state index in [0.29, 0.717) is 24.5 Å². The zero-order chi connectivity index (χ0) is 27.7. The van der Waals surface area contributed by atoms with Gasteiger partial charge in [0, 0.05) is 26.7 Å². The van der Waals surface area contributed by atoms with Gasteiger partial charge in [-0.1, -0.05) is 78.9 Å². The summed E-state index contributed by atoms with van der Waals surface area (Å²) in [7, 11) is -0.0122. The lowest BCUT2D eigenvalue weighted by atomic mass is 9.92. The predicted molar refractivity (Wildman–Crippen MR) is 153 cm³/mol. The van der Waals surface area contributed by atoms with E-state index in [1.807, 2.05) is 61.6 Å². The monoisotopic (exact) mass is 549 g/mol. The first-order chi connectivity index (χ1) is 18.9. The van der Waals surface area contributed by atoms with Gasteiger partial charge in [-0.05, 0) is 55.5 Å². The summed E-state index contributed by atoms with van der Waals surface area (Å²) in [5, 5.41) is 3.37. The smallest absolute Gasteiger partial charge is 0.309 e. The fraction of sp³-hybridized carbons (Fsp3) is 0.387. The van der Waals surface area contributed by atoms with Gasteiger partial charge in [-0.2, -0.15) is 0 Å². The van der Waals surface area contributed by atoms with Gasteiger partial charge in [-0.3, -0.25) is 9.69 Å². The molecule has 0 bridgehead atoms. The summed E-state index contributed by atoms with van der Waals surface area (Å²) in [6, 6.07) is 28.4. The van der Waals surface area contributed by atoms with Crippen LogP contribution in [0.2, 0.25) is 0 Å². The molecule has 0 amide bonds. The highest BCUT2D eigenvalue weighted by molar-refractivity contribution is 7.89. The third-order valence-corrected chi connectivity index (χ3v) is 9.41. The van der Waals surface area contributed by atoms with Crippen molar-refractivity contribution in [3.05, 3.63) is 102 Å². The molecule has 39 heavy (non-hydrogen) atoms. The van der Waals surface area contributed by atoms with Crippen LogP contribution in [-0.2, 0) is 26.2 Å². The van der Waals surface area contributed by atoms with Crippen molar-refractivity contribution in [2.45, 2.75) is 42.8 Å². The van der Waals surface area contributed by atoms with E-state index in [2.05, 4.69) is 22.3 Å². The van der Waals surface area contributed by atoms with Gasteiger partial charge in [0.25, 0.3) is 0 Å². The minimum Gasteiger partial charge on any atom is -0.461 e. The summed E-state index contributed by atoms with van der Waals surface area (Å²) in [5.41, 5.74) is 2.10. The SMILES string of the molecule is CN[C@H]1C[C@@H](C(=O)OCc2ccccc2)CCN1CCC(CN(C)S(=O)(=O)c1ccccc1)c1ccccc1. The molecule has 3 aromatic carbocycles. The summed E-state index contributed by atoms with van der Waals surface area (Å²) in [6.45, 7) is 2.24. The molecule has 1 fully saturated rings. The molecule has 1 aliphatic heterocycles. The van der Waals surface area contributed by atoms with Crippen LogP contribution in [0.1, 0.15) is 36.3 Å².